The molecule has 0 aliphatic carbocycles. The molecule has 0 spiro atoms. The fourth-order valence-corrected chi connectivity index (χ4v) is 3.95. The molecular weight excluding hydrogens is 347 g/mol. The van der Waals surface area contributed by atoms with Crippen LogP contribution in [0.25, 0.3) is 0 Å². The molecule has 1 heterocycles. The van der Waals surface area contributed by atoms with Crippen molar-refractivity contribution in [2.45, 2.75) is 19.8 Å². The summed E-state index contributed by atoms with van der Waals surface area (Å²) in [5, 5.41) is 3.38. The van der Waals surface area contributed by atoms with Crippen molar-refractivity contribution in [2.24, 2.45) is 5.92 Å². The topological polar surface area (TPSA) is 66.5 Å². The summed E-state index contributed by atoms with van der Waals surface area (Å²) in [5.74, 6) is -0.577. The van der Waals surface area contributed by atoms with Crippen LogP contribution in [-0.2, 0) is 14.8 Å². The maximum absolute atomic E-state index is 12.4. The predicted molar refractivity (Wildman–Crippen MR) is 88.8 cm³/mol. The van der Waals surface area contributed by atoms with Crippen LogP contribution < -0.4 is 5.32 Å². The van der Waals surface area contributed by atoms with E-state index in [9.17, 15) is 13.2 Å². The zero-order chi connectivity index (χ0) is 16.3. The van der Waals surface area contributed by atoms with E-state index < -0.39 is 10.0 Å². The van der Waals surface area contributed by atoms with Crippen LogP contribution in [0.5, 0.6) is 0 Å². The molecule has 1 saturated heterocycles. The molecule has 8 heteroatoms. The maximum Gasteiger partial charge on any atom is 0.228 e. The van der Waals surface area contributed by atoms with Gasteiger partial charge in [-0.25, -0.2) is 12.7 Å². The lowest BCUT2D eigenvalue weighted by molar-refractivity contribution is -0.120. The monoisotopic (exact) mass is 364 g/mol. The minimum Gasteiger partial charge on any atom is -0.324 e. The van der Waals surface area contributed by atoms with E-state index >= 15 is 0 Å². The number of rotatable bonds is 4. The number of nitrogens with one attached hydrogen (secondary N) is 1. The summed E-state index contributed by atoms with van der Waals surface area (Å²) in [7, 11) is -3.27. The molecule has 1 aliphatic heterocycles. The summed E-state index contributed by atoms with van der Waals surface area (Å²) < 4.78 is 25.3. The molecule has 1 aromatic carbocycles. The van der Waals surface area contributed by atoms with Crippen molar-refractivity contribution in [1.29, 1.82) is 0 Å². The second kappa shape index (κ2) is 7.17. The second-order valence-corrected chi connectivity index (χ2v) is 8.23. The number of anilines is 1. The standard InChI is InChI=1S/C14H18Cl2N2O3S/c1-2-22(20,21)18-8-4-5-10(9-18)14(19)17-12-7-3-6-11(15)13(12)16/h3,6-7,10H,2,4-5,8-9H2,1H3,(H,17,19). The minimum absolute atomic E-state index is 0.0431. The van der Waals surface area contributed by atoms with E-state index in [2.05, 4.69) is 5.32 Å². The Morgan fingerprint density at radius 3 is 2.82 bits per heavy atom. The van der Waals surface area contributed by atoms with Gasteiger partial charge in [0.15, 0.2) is 0 Å². The molecule has 0 saturated carbocycles. The zero-order valence-corrected chi connectivity index (χ0v) is 14.5. The summed E-state index contributed by atoms with van der Waals surface area (Å²) in [4.78, 5) is 12.4. The van der Waals surface area contributed by atoms with Crippen molar-refractivity contribution < 1.29 is 13.2 Å². The Labute approximate surface area is 140 Å². The van der Waals surface area contributed by atoms with Crippen LogP contribution in [0.15, 0.2) is 18.2 Å². The fourth-order valence-electron chi connectivity index (χ4n) is 2.43. The molecule has 1 aromatic rings. The largest absolute Gasteiger partial charge is 0.324 e. The van der Waals surface area contributed by atoms with Gasteiger partial charge in [0.2, 0.25) is 15.9 Å². The highest BCUT2D eigenvalue weighted by Crippen LogP contribution is 2.30. The second-order valence-electron chi connectivity index (χ2n) is 5.19. The van der Waals surface area contributed by atoms with Crippen LogP contribution in [0.3, 0.4) is 0 Å². The number of benzene rings is 1. The predicted octanol–water partition coefficient (Wildman–Crippen LogP) is 2.99. The maximum atomic E-state index is 12.4. The van der Waals surface area contributed by atoms with Crippen molar-refractivity contribution in [2.75, 3.05) is 24.2 Å². The van der Waals surface area contributed by atoms with E-state index in [1.165, 1.54) is 4.31 Å². The summed E-state index contributed by atoms with van der Waals surface area (Å²) >= 11 is 12.0. The third-order valence-corrected chi connectivity index (χ3v) is 6.39. The van der Waals surface area contributed by atoms with E-state index in [1.807, 2.05) is 0 Å². The van der Waals surface area contributed by atoms with Gasteiger partial charge in [0.25, 0.3) is 0 Å². The SMILES string of the molecule is CCS(=O)(=O)N1CCCC(C(=O)Nc2cccc(Cl)c2Cl)C1. The molecular formula is C14H18Cl2N2O3S. The van der Waals surface area contributed by atoms with Crippen LogP contribution in [0, 0.1) is 5.92 Å². The molecule has 0 aromatic heterocycles. The first kappa shape index (κ1) is 17.5. The van der Waals surface area contributed by atoms with Gasteiger partial charge in [0.1, 0.15) is 0 Å². The lowest BCUT2D eigenvalue weighted by Crippen LogP contribution is -2.44. The number of piperidine rings is 1. The van der Waals surface area contributed by atoms with Gasteiger partial charge in [-0.1, -0.05) is 29.3 Å². The molecule has 1 atom stereocenters. The first-order chi connectivity index (χ1) is 10.3. The summed E-state index contributed by atoms with van der Waals surface area (Å²) in [6.45, 7) is 2.28. The van der Waals surface area contributed by atoms with Gasteiger partial charge in [-0.2, -0.15) is 0 Å². The van der Waals surface area contributed by atoms with Crippen LogP contribution in [-0.4, -0.2) is 37.5 Å². The van der Waals surface area contributed by atoms with Crippen LogP contribution in [0.1, 0.15) is 19.8 Å². The lowest BCUT2D eigenvalue weighted by atomic mass is 9.99. The molecule has 1 fully saturated rings. The van der Waals surface area contributed by atoms with Gasteiger partial charge < -0.3 is 5.32 Å². The Kier molecular flexibility index (Phi) is 5.71. The molecule has 1 N–H and O–H groups in total. The Balaban J connectivity index is 2.08. The third kappa shape index (κ3) is 3.93. The van der Waals surface area contributed by atoms with Crippen molar-refractivity contribution in [1.82, 2.24) is 4.31 Å². The number of carbonyl (C=O) groups is 1. The van der Waals surface area contributed by atoms with E-state index in [1.54, 1.807) is 25.1 Å². The number of nitrogens with zero attached hydrogens (tertiary/aromatic N) is 1. The molecule has 1 amide bonds. The number of halogens is 2. The number of hydrogen-bond acceptors (Lipinski definition) is 3. The Bertz CT molecular complexity index is 664. The zero-order valence-electron chi connectivity index (χ0n) is 12.2. The normalized spacial score (nSPS) is 19.9. The summed E-state index contributed by atoms with van der Waals surface area (Å²) in [6, 6.07) is 4.99. The molecule has 5 nitrogen and oxygen atoms in total. The molecule has 0 bridgehead atoms. The number of amides is 1. The molecule has 1 aliphatic rings. The van der Waals surface area contributed by atoms with Gasteiger partial charge in [0.05, 0.1) is 27.4 Å². The number of carbonyl (C=O) groups excluding carboxylic acids is 1. The van der Waals surface area contributed by atoms with Gasteiger partial charge in [-0.3, -0.25) is 4.79 Å². The fraction of sp³-hybridized carbons (Fsp3) is 0.500. The van der Waals surface area contributed by atoms with Gasteiger partial charge in [-0.05, 0) is 31.9 Å². The van der Waals surface area contributed by atoms with Crippen molar-refractivity contribution in [3.63, 3.8) is 0 Å². The summed E-state index contributed by atoms with van der Waals surface area (Å²) in [5.41, 5.74) is 0.439. The average molecular weight is 365 g/mol. The summed E-state index contributed by atoms with van der Waals surface area (Å²) in [6.07, 6.45) is 1.32. The van der Waals surface area contributed by atoms with Gasteiger partial charge in [-0.15, -0.1) is 0 Å². The molecule has 0 radical (unpaired) electrons. The Morgan fingerprint density at radius 2 is 2.14 bits per heavy atom. The molecule has 2 rings (SSSR count). The molecule has 1 unspecified atom stereocenters. The minimum atomic E-state index is -3.27. The van der Waals surface area contributed by atoms with E-state index in [4.69, 9.17) is 23.2 Å². The Morgan fingerprint density at radius 1 is 1.41 bits per heavy atom. The van der Waals surface area contributed by atoms with Gasteiger partial charge in [0, 0.05) is 13.1 Å². The highest BCUT2D eigenvalue weighted by molar-refractivity contribution is 7.89. The number of hydrogen-bond donors (Lipinski definition) is 1. The first-order valence-electron chi connectivity index (χ1n) is 7.08. The molecule has 22 heavy (non-hydrogen) atoms. The van der Waals surface area contributed by atoms with E-state index in [0.717, 1.165) is 0 Å². The quantitative estimate of drug-likeness (QED) is 0.892. The smallest absolute Gasteiger partial charge is 0.228 e. The average Bonchev–Trinajstić information content (AvgIpc) is 2.52. The highest BCUT2D eigenvalue weighted by atomic mass is 35.5. The van der Waals surface area contributed by atoms with E-state index in [0.29, 0.717) is 30.1 Å². The van der Waals surface area contributed by atoms with Gasteiger partial charge >= 0.3 is 0 Å². The highest BCUT2D eigenvalue weighted by Gasteiger charge is 2.31. The Hall–Kier alpha value is -0.820. The lowest BCUT2D eigenvalue weighted by Gasteiger charge is -2.31. The van der Waals surface area contributed by atoms with Crippen molar-refractivity contribution >= 4 is 44.8 Å². The van der Waals surface area contributed by atoms with Crippen LogP contribution in [0.2, 0.25) is 10.0 Å². The van der Waals surface area contributed by atoms with Crippen molar-refractivity contribution in [3.8, 4) is 0 Å². The van der Waals surface area contributed by atoms with Crippen molar-refractivity contribution in [3.05, 3.63) is 28.2 Å². The van der Waals surface area contributed by atoms with E-state index in [-0.39, 0.29) is 29.1 Å². The first-order valence-corrected chi connectivity index (χ1v) is 9.44. The third-order valence-electron chi connectivity index (χ3n) is 3.72. The number of sulfonamides is 1. The molecule has 122 valence electrons. The van der Waals surface area contributed by atoms with Crippen LogP contribution >= 0.6 is 23.2 Å². The van der Waals surface area contributed by atoms with Crippen LogP contribution in [0.4, 0.5) is 5.69 Å².